The van der Waals surface area contributed by atoms with Gasteiger partial charge < -0.3 is 40.6 Å². The van der Waals surface area contributed by atoms with E-state index in [1.165, 1.54) is 58.7 Å². The number of carboxylic acid groups (broad SMARTS) is 2. The highest BCUT2D eigenvalue weighted by Gasteiger charge is 2.43. The Bertz CT molecular complexity index is 2920. The van der Waals surface area contributed by atoms with Crippen LogP contribution in [0.25, 0.3) is 0 Å². The molecular formula is C61H76F6N6O8. The highest BCUT2D eigenvalue weighted by atomic mass is 19.4. The highest BCUT2D eigenvalue weighted by Crippen LogP contribution is 2.48. The van der Waals surface area contributed by atoms with Crippen molar-refractivity contribution in [3.8, 4) is 5.75 Å². The molecule has 4 aromatic carbocycles. The summed E-state index contributed by atoms with van der Waals surface area (Å²) < 4.78 is 71.6. The number of carbonyl (C=O) groups is 3. The molecule has 3 heterocycles. The third kappa shape index (κ3) is 18.7. The molecule has 0 radical (unpaired) electrons. The third-order valence-electron chi connectivity index (χ3n) is 14.5. The zero-order valence-electron chi connectivity index (χ0n) is 46.9. The van der Waals surface area contributed by atoms with Crippen molar-refractivity contribution in [1.82, 2.24) is 10.2 Å². The number of carbonyl (C=O) groups excluding carboxylic acids is 2. The van der Waals surface area contributed by atoms with Crippen LogP contribution in [0, 0.1) is 0 Å². The van der Waals surface area contributed by atoms with Crippen LogP contribution in [0.15, 0.2) is 118 Å². The number of allylic oxidation sites excluding steroid dienone is 6. The van der Waals surface area contributed by atoms with Gasteiger partial charge in [-0.25, -0.2) is 4.79 Å². The molecule has 0 aromatic heterocycles. The lowest BCUT2D eigenvalue weighted by Gasteiger charge is -2.27. The average Bonchev–Trinajstić information content (AvgIpc) is 3.63. The summed E-state index contributed by atoms with van der Waals surface area (Å²) in [6.45, 7) is 15.8. The summed E-state index contributed by atoms with van der Waals surface area (Å²) in [4.78, 5) is 59.9. The number of anilines is 3. The smallest absolute Gasteiger partial charge is 0.490 e. The predicted molar refractivity (Wildman–Crippen MR) is 302 cm³/mol. The van der Waals surface area contributed by atoms with Crippen LogP contribution in [0.1, 0.15) is 121 Å². The van der Waals surface area contributed by atoms with Crippen molar-refractivity contribution in [2.24, 2.45) is 0 Å². The number of benzene rings is 3. The first-order chi connectivity index (χ1) is 38.3. The van der Waals surface area contributed by atoms with Gasteiger partial charge >= 0.3 is 18.3 Å². The molecule has 4 aromatic rings. The zero-order valence-corrected chi connectivity index (χ0v) is 46.9. The monoisotopic (exact) mass is 1130 g/mol. The van der Waals surface area contributed by atoms with Gasteiger partial charge in [-0.2, -0.15) is 30.9 Å². The number of nitrogens with zero attached hydrogens (tertiary/aromatic N) is 3. The normalized spacial score (nSPS) is 16.2. The molecular weight excluding hydrogens is 1060 g/mol. The van der Waals surface area contributed by atoms with Gasteiger partial charge in [0.05, 0.1) is 12.0 Å². The van der Waals surface area contributed by atoms with E-state index >= 15 is 0 Å². The Morgan fingerprint density at radius 1 is 0.716 bits per heavy atom. The second-order valence-corrected chi connectivity index (χ2v) is 21.3. The van der Waals surface area contributed by atoms with Crippen molar-refractivity contribution in [1.29, 1.82) is 0 Å². The fraction of sp³-hybridized carbons (Fsp3) is 0.475. The summed E-state index contributed by atoms with van der Waals surface area (Å²) >= 11 is 0. The quantitative estimate of drug-likeness (QED) is 0.0162. The van der Waals surface area contributed by atoms with Crippen molar-refractivity contribution in [2.45, 2.75) is 134 Å². The summed E-state index contributed by atoms with van der Waals surface area (Å²) in [5.41, 5.74) is 8.82. The van der Waals surface area contributed by atoms with Gasteiger partial charge in [0.1, 0.15) is 30.1 Å². The van der Waals surface area contributed by atoms with Gasteiger partial charge in [0.15, 0.2) is 5.71 Å². The Morgan fingerprint density at radius 2 is 1.31 bits per heavy atom. The van der Waals surface area contributed by atoms with Crippen molar-refractivity contribution >= 4 is 46.3 Å². The van der Waals surface area contributed by atoms with Gasteiger partial charge in [0.25, 0.3) is 10.9 Å². The number of piperidine rings is 1. The van der Waals surface area contributed by atoms with E-state index < -0.39 is 35.1 Å². The molecule has 0 atom stereocenters. The predicted octanol–water partition coefficient (Wildman–Crippen LogP) is 10.2. The Morgan fingerprint density at radius 3 is 1.94 bits per heavy atom. The minimum absolute atomic E-state index is 0.0496. The summed E-state index contributed by atoms with van der Waals surface area (Å²) in [7, 11) is 2.15. The molecule has 0 bridgehead atoms. The number of likely N-dealkylation sites (tertiary alicyclic amines) is 1. The first kappa shape index (κ1) is 64.6. The first-order valence-electron chi connectivity index (χ1n) is 27.6. The Balaban J connectivity index is 0.000000762. The SMILES string of the molecule is C[N+]1=C(/C=C/C=C/C=C2\N(CCCCCC(=O)NCCCCCCNc3c(NCCCOc4cccc(CN5CCCCC5)c4)c(=O)c3=O)c3ccccc3C2(C)C)C(C)(C)c2ccccc21.O=C(O)C(F)(F)F.O=C([O-])C(F)(F)F. The van der Waals surface area contributed by atoms with Gasteiger partial charge in [-0.05, 0) is 107 Å². The van der Waals surface area contributed by atoms with Crippen molar-refractivity contribution in [3.05, 3.63) is 146 Å². The van der Waals surface area contributed by atoms with Gasteiger partial charge in [-0.3, -0.25) is 19.3 Å². The molecule has 0 aliphatic carbocycles. The van der Waals surface area contributed by atoms with Crippen LogP contribution in [0.2, 0.25) is 0 Å². The van der Waals surface area contributed by atoms with Crippen molar-refractivity contribution < 1.29 is 60.3 Å². The van der Waals surface area contributed by atoms with E-state index in [0.29, 0.717) is 50.5 Å². The fourth-order valence-corrected chi connectivity index (χ4v) is 10.2. The largest absolute Gasteiger partial charge is 0.542 e. The lowest BCUT2D eigenvalue weighted by atomic mass is 9.81. The number of aliphatic carboxylic acids is 2. The summed E-state index contributed by atoms with van der Waals surface area (Å²) in [5.74, 6) is -4.78. The summed E-state index contributed by atoms with van der Waals surface area (Å²) in [6.07, 6.45) is 12.5. The van der Waals surface area contributed by atoms with Gasteiger partial charge in [0, 0.05) is 73.6 Å². The van der Waals surface area contributed by atoms with Gasteiger partial charge in [-0.15, -0.1) is 0 Å². The van der Waals surface area contributed by atoms with Crippen LogP contribution in [0.3, 0.4) is 0 Å². The van der Waals surface area contributed by atoms with Gasteiger partial charge in [-0.1, -0.05) is 106 Å². The average molecular weight is 1140 g/mol. The van der Waals surface area contributed by atoms with Crippen LogP contribution in [-0.2, 0) is 31.8 Å². The van der Waals surface area contributed by atoms with Crippen LogP contribution < -0.4 is 41.6 Å². The lowest BCUT2D eigenvalue weighted by Crippen LogP contribution is -2.37. The number of ether oxygens (including phenoxy) is 1. The van der Waals surface area contributed by atoms with E-state index in [0.717, 1.165) is 76.9 Å². The van der Waals surface area contributed by atoms with Gasteiger partial charge in [0.2, 0.25) is 11.6 Å². The van der Waals surface area contributed by atoms with Crippen LogP contribution in [0.5, 0.6) is 5.75 Å². The van der Waals surface area contributed by atoms with Crippen molar-refractivity contribution in [3.63, 3.8) is 0 Å². The molecule has 1 fully saturated rings. The fourth-order valence-electron chi connectivity index (χ4n) is 10.2. The maximum Gasteiger partial charge on any atom is 0.490 e. The number of hydrogen-bond acceptors (Lipinski definition) is 11. The maximum absolute atomic E-state index is 12.7. The molecule has 1 saturated heterocycles. The van der Waals surface area contributed by atoms with E-state index in [2.05, 4.69) is 156 Å². The molecule has 20 heteroatoms. The number of amides is 1. The molecule has 4 N–H and O–H groups in total. The molecule has 1 amide bonds. The number of nitrogens with one attached hydrogen (secondary N) is 3. The minimum atomic E-state index is -5.19. The number of unbranched alkanes of at least 4 members (excludes halogenated alkanes) is 5. The zero-order chi connectivity index (χ0) is 59.4. The lowest BCUT2D eigenvalue weighted by molar-refractivity contribution is -0.401. The highest BCUT2D eigenvalue weighted by molar-refractivity contribution is 6.03. The number of fused-ring (bicyclic) bond motifs is 2. The molecule has 0 saturated carbocycles. The maximum atomic E-state index is 12.7. The molecule has 81 heavy (non-hydrogen) atoms. The molecule has 0 spiro atoms. The molecule has 0 unspecified atom stereocenters. The summed E-state index contributed by atoms with van der Waals surface area (Å²) in [5, 5.41) is 25.4. The number of halogens is 6. The standard InChI is InChI=1S/C57H74N6O4.2C2HF3O2/c1-56(2)45-27-14-16-29-47(45)61(5)49(56)31-11-8-12-32-50-57(3,4)46-28-15-17-30-48(46)63(50)39-22-9-13-33-51(64)58-34-18-6-7-19-35-59-52-53(55(66)54(52)65)60-36-24-40-67-44-26-23-25-43(41-44)42-62-37-20-10-21-38-62;2*3-2(4,5)1(6)7/h8,11-12,14-17,23,25-32,41H,6-7,9-10,13,18-22,24,33-40,42H2,1-5H3,(H2-,58,59,60,64,65,66);2*(H,6,7). The van der Waals surface area contributed by atoms with E-state index in [-0.39, 0.29) is 16.7 Å². The number of para-hydroxylation sites is 2. The van der Waals surface area contributed by atoms with Crippen LogP contribution in [0.4, 0.5) is 49.1 Å². The van der Waals surface area contributed by atoms with Crippen molar-refractivity contribution in [2.75, 3.05) is 68.5 Å². The Labute approximate surface area is 470 Å². The van der Waals surface area contributed by atoms with E-state index in [1.54, 1.807) is 0 Å². The Hall–Kier alpha value is -7.22. The molecule has 7 rings (SSSR count). The third-order valence-corrected chi connectivity index (χ3v) is 14.5. The van der Waals surface area contributed by atoms with E-state index in [1.807, 2.05) is 12.1 Å². The second-order valence-electron chi connectivity index (χ2n) is 21.3. The second kappa shape index (κ2) is 30.0. The Kier molecular flexibility index (Phi) is 23.9. The minimum Gasteiger partial charge on any atom is -0.542 e. The number of alkyl halides is 6. The molecule has 14 nitrogen and oxygen atoms in total. The topological polar surface area (TPSA) is 183 Å². The number of carboxylic acids is 2. The van der Waals surface area contributed by atoms with E-state index in [4.69, 9.17) is 24.5 Å². The number of rotatable bonds is 25. The van der Waals surface area contributed by atoms with Crippen LogP contribution in [-0.4, -0.2) is 103 Å². The van der Waals surface area contributed by atoms with E-state index in [9.17, 15) is 40.7 Å². The first-order valence-corrected chi connectivity index (χ1v) is 27.6. The molecule has 3 aliphatic rings. The van der Waals surface area contributed by atoms with Crippen LogP contribution >= 0.6 is 0 Å². The molecule has 3 aliphatic heterocycles. The number of hydrogen-bond donors (Lipinski definition) is 4. The summed E-state index contributed by atoms with van der Waals surface area (Å²) in [6, 6.07) is 25.7. The molecule has 440 valence electrons.